The smallest absolute Gasteiger partial charge is 0.144 e. The Kier molecular flexibility index (Phi) is 3.69. The van der Waals surface area contributed by atoms with Crippen LogP contribution in [0.4, 0.5) is 0 Å². The summed E-state index contributed by atoms with van der Waals surface area (Å²) < 4.78 is 7.31. The number of hydrogen-bond donors (Lipinski definition) is 0. The Balaban J connectivity index is 1.90. The number of aromatic nitrogens is 3. The van der Waals surface area contributed by atoms with Crippen LogP contribution in [-0.2, 0) is 6.42 Å². The van der Waals surface area contributed by atoms with Gasteiger partial charge in [0.1, 0.15) is 23.6 Å². The number of hydrogen-bond acceptors (Lipinski definition) is 4. The molecule has 1 atom stereocenters. The molecule has 0 saturated carbocycles. The van der Waals surface area contributed by atoms with Gasteiger partial charge in [-0.05, 0) is 38.6 Å². The SMILES string of the molecule is COc1ccccc1-n1ncnc1CC1CCCN1C. The summed E-state index contributed by atoms with van der Waals surface area (Å²) in [6.07, 6.45) is 5.05. The third-order valence-electron chi connectivity index (χ3n) is 4.02. The normalized spacial score (nSPS) is 19.4. The molecule has 1 saturated heterocycles. The number of benzene rings is 1. The number of ether oxygens (including phenoxy) is 1. The van der Waals surface area contributed by atoms with Crippen molar-refractivity contribution in [3.05, 3.63) is 36.4 Å². The first-order valence-corrected chi connectivity index (χ1v) is 7.02. The van der Waals surface area contributed by atoms with Crippen molar-refractivity contribution in [3.8, 4) is 11.4 Å². The van der Waals surface area contributed by atoms with Crippen LogP contribution in [0.3, 0.4) is 0 Å². The van der Waals surface area contributed by atoms with Gasteiger partial charge in [0.25, 0.3) is 0 Å². The standard InChI is InChI=1S/C15H20N4O/c1-18-9-5-6-12(18)10-15-16-11-17-19(15)13-7-3-4-8-14(13)20-2/h3-4,7-8,11-12H,5-6,9-10H2,1-2H3. The number of likely N-dealkylation sites (tertiary alicyclic amines) is 1. The second kappa shape index (κ2) is 5.63. The zero-order chi connectivity index (χ0) is 13.9. The molecule has 2 aromatic rings. The third kappa shape index (κ3) is 2.41. The summed E-state index contributed by atoms with van der Waals surface area (Å²) in [7, 11) is 3.86. The van der Waals surface area contributed by atoms with Gasteiger partial charge in [-0.3, -0.25) is 0 Å². The maximum absolute atomic E-state index is 5.42. The second-order valence-corrected chi connectivity index (χ2v) is 5.24. The zero-order valence-electron chi connectivity index (χ0n) is 12.0. The Bertz CT molecular complexity index is 581. The molecular formula is C15H20N4O. The first-order valence-electron chi connectivity index (χ1n) is 7.02. The van der Waals surface area contributed by atoms with Gasteiger partial charge < -0.3 is 9.64 Å². The molecule has 3 rings (SSSR count). The van der Waals surface area contributed by atoms with Crippen molar-refractivity contribution < 1.29 is 4.74 Å². The van der Waals surface area contributed by atoms with Crippen molar-refractivity contribution in [1.82, 2.24) is 19.7 Å². The van der Waals surface area contributed by atoms with Crippen molar-refractivity contribution in [3.63, 3.8) is 0 Å². The molecule has 5 nitrogen and oxygen atoms in total. The summed E-state index contributed by atoms with van der Waals surface area (Å²) in [5.41, 5.74) is 0.947. The molecule has 2 heterocycles. The predicted molar refractivity (Wildman–Crippen MR) is 77.3 cm³/mol. The Morgan fingerprint density at radius 3 is 2.95 bits per heavy atom. The fourth-order valence-electron chi connectivity index (χ4n) is 2.86. The predicted octanol–water partition coefficient (Wildman–Crippen LogP) is 1.91. The van der Waals surface area contributed by atoms with E-state index >= 15 is 0 Å². The molecule has 0 bridgehead atoms. The van der Waals surface area contributed by atoms with Gasteiger partial charge in [-0.15, -0.1) is 0 Å². The van der Waals surface area contributed by atoms with Crippen LogP contribution in [0.25, 0.3) is 5.69 Å². The number of rotatable bonds is 4. The van der Waals surface area contributed by atoms with Gasteiger partial charge in [-0.25, -0.2) is 9.67 Å². The molecule has 1 unspecified atom stereocenters. The minimum atomic E-state index is 0.563. The minimum Gasteiger partial charge on any atom is -0.494 e. The third-order valence-corrected chi connectivity index (χ3v) is 4.02. The summed E-state index contributed by atoms with van der Waals surface area (Å²) in [6.45, 7) is 1.17. The quantitative estimate of drug-likeness (QED) is 0.853. The number of para-hydroxylation sites is 2. The van der Waals surface area contributed by atoms with Crippen molar-refractivity contribution in [1.29, 1.82) is 0 Å². The van der Waals surface area contributed by atoms with E-state index in [0.29, 0.717) is 6.04 Å². The largest absolute Gasteiger partial charge is 0.494 e. The molecular weight excluding hydrogens is 252 g/mol. The molecule has 5 heteroatoms. The van der Waals surface area contributed by atoms with E-state index < -0.39 is 0 Å². The van der Waals surface area contributed by atoms with Crippen LogP contribution in [0.15, 0.2) is 30.6 Å². The molecule has 0 radical (unpaired) electrons. The molecule has 0 spiro atoms. The highest BCUT2D eigenvalue weighted by molar-refractivity contribution is 5.46. The van der Waals surface area contributed by atoms with Crippen LogP contribution in [0.5, 0.6) is 5.75 Å². The summed E-state index contributed by atoms with van der Waals surface area (Å²) in [4.78, 5) is 6.84. The summed E-state index contributed by atoms with van der Waals surface area (Å²) in [5, 5.41) is 4.37. The Morgan fingerprint density at radius 2 is 2.20 bits per heavy atom. The average Bonchev–Trinajstić information content (AvgIpc) is 3.09. The fraction of sp³-hybridized carbons (Fsp3) is 0.467. The van der Waals surface area contributed by atoms with Gasteiger partial charge in [-0.1, -0.05) is 12.1 Å². The maximum atomic E-state index is 5.42. The molecule has 1 aliphatic heterocycles. The van der Waals surface area contributed by atoms with E-state index in [1.54, 1.807) is 13.4 Å². The van der Waals surface area contributed by atoms with Crippen molar-refractivity contribution in [2.75, 3.05) is 20.7 Å². The van der Waals surface area contributed by atoms with E-state index in [1.807, 2.05) is 28.9 Å². The van der Waals surface area contributed by atoms with Crippen LogP contribution in [0, 0.1) is 0 Å². The molecule has 20 heavy (non-hydrogen) atoms. The number of likely N-dealkylation sites (N-methyl/N-ethyl adjacent to an activating group) is 1. The lowest BCUT2D eigenvalue weighted by atomic mass is 10.1. The van der Waals surface area contributed by atoms with Gasteiger partial charge in [0.2, 0.25) is 0 Å². The minimum absolute atomic E-state index is 0.563. The van der Waals surface area contributed by atoms with E-state index in [0.717, 1.165) is 23.7 Å². The fourth-order valence-corrected chi connectivity index (χ4v) is 2.86. The molecule has 0 amide bonds. The summed E-state index contributed by atoms with van der Waals surface area (Å²) in [5.74, 6) is 1.81. The highest BCUT2D eigenvalue weighted by Crippen LogP contribution is 2.24. The summed E-state index contributed by atoms with van der Waals surface area (Å²) in [6, 6.07) is 8.47. The van der Waals surface area contributed by atoms with Gasteiger partial charge >= 0.3 is 0 Å². The van der Waals surface area contributed by atoms with Crippen molar-refractivity contribution in [2.24, 2.45) is 0 Å². The lowest BCUT2D eigenvalue weighted by Crippen LogP contribution is -2.28. The van der Waals surface area contributed by atoms with Crippen LogP contribution >= 0.6 is 0 Å². The summed E-state index contributed by atoms with van der Waals surface area (Å²) >= 11 is 0. The van der Waals surface area contributed by atoms with E-state index in [4.69, 9.17) is 4.74 Å². The van der Waals surface area contributed by atoms with Gasteiger partial charge in [0.15, 0.2) is 0 Å². The van der Waals surface area contributed by atoms with E-state index in [9.17, 15) is 0 Å². The van der Waals surface area contributed by atoms with Crippen LogP contribution in [0.1, 0.15) is 18.7 Å². The monoisotopic (exact) mass is 272 g/mol. The topological polar surface area (TPSA) is 43.2 Å². The lowest BCUT2D eigenvalue weighted by Gasteiger charge is -2.19. The maximum Gasteiger partial charge on any atom is 0.144 e. The van der Waals surface area contributed by atoms with Crippen LogP contribution in [-0.4, -0.2) is 46.4 Å². The Morgan fingerprint density at radius 1 is 1.35 bits per heavy atom. The molecule has 1 fully saturated rings. The highest BCUT2D eigenvalue weighted by Gasteiger charge is 2.23. The van der Waals surface area contributed by atoms with E-state index in [1.165, 1.54) is 19.4 Å². The van der Waals surface area contributed by atoms with E-state index in [-0.39, 0.29) is 0 Å². The molecule has 1 aromatic carbocycles. The first kappa shape index (κ1) is 13.1. The van der Waals surface area contributed by atoms with Crippen LogP contribution in [0.2, 0.25) is 0 Å². The molecule has 0 aliphatic carbocycles. The highest BCUT2D eigenvalue weighted by atomic mass is 16.5. The number of nitrogens with zero attached hydrogens (tertiary/aromatic N) is 4. The molecule has 1 aromatic heterocycles. The molecule has 1 aliphatic rings. The van der Waals surface area contributed by atoms with Gasteiger partial charge in [-0.2, -0.15) is 5.10 Å². The van der Waals surface area contributed by atoms with Gasteiger partial charge in [0.05, 0.1) is 7.11 Å². The van der Waals surface area contributed by atoms with E-state index in [2.05, 4.69) is 22.0 Å². The Labute approximate surface area is 119 Å². The van der Waals surface area contributed by atoms with Gasteiger partial charge in [0, 0.05) is 12.5 Å². The first-order chi connectivity index (χ1) is 9.79. The average molecular weight is 272 g/mol. The lowest BCUT2D eigenvalue weighted by molar-refractivity contribution is 0.304. The van der Waals surface area contributed by atoms with Crippen LogP contribution < -0.4 is 4.74 Å². The van der Waals surface area contributed by atoms with Crippen molar-refractivity contribution in [2.45, 2.75) is 25.3 Å². The Hall–Kier alpha value is -1.88. The zero-order valence-corrected chi connectivity index (χ0v) is 12.0. The second-order valence-electron chi connectivity index (χ2n) is 5.24. The number of methoxy groups -OCH3 is 1. The molecule has 0 N–H and O–H groups in total. The molecule has 106 valence electrons. The van der Waals surface area contributed by atoms with Crippen molar-refractivity contribution >= 4 is 0 Å².